The minimum absolute atomic E-state index is 0.000868. The monoisotopic (exact) mass is 340 g/mol. The minimum Gasteiger partial charge on any atom is -0.339 e. The van der Waals surface area contributed by atoms with Gasteiger partial charge < -0.3 is 9.80 Å². The smallest absolute Gasteiger partial charge is 0.242 e. The van der Waals surface area contributed by atoms with Gasteiger partial charge in [0.2, 0.25) is 11.8 Å². The van der Waals surface area contributed by atoms with Crippen LogP contribution in [0.2, 0.25) is 0 Å². The van der Waals surface area contributed by atoms with E-state index in [0.29, 0.717) is 5.75 Å². The molecule has 0 radical (unpaired) electrons. The first-order valence-corrected chi connectivity index (χ1v) is 9.77. The van der Waals surface area contributed by atoms with E-state index in [1.54, 1.807) is 0 Å². The summed E-state index contributed by atoms with van der Waals surface area (Å²) < 4.78 is 22.8. The van der Waals surface area contributed by atoms with Gasteiger partial charge in [-0.15, -0.1) is 11.8 Å². The lowest BCUT2D eigenvalue weighted by molar-refractivity contribution is -0.130. The lowest BCUT2D eigenvalue weighted by Gasteiger charge is -2.32. The Morgan fingerprint density at radius 3 is 2.59 bits per heavy atom. The number of para-hydroxylation sites is 1. The van der Waals surface area contributed by atoms with Gasteiger partial charge in [-0.25, -0.2) is 8.42 Å². The average Bonchev–Trinajstić information content (AvgIpc) is 2.50. The zero-order valence-corrected chi connectivity index (χ0v) is 13.5. The van der Waals surface area contributed by atoms with Gasteiger partial charge in [0.1, 0.15) is 6.54 Å². The molecule has 0 saturated carbocycles. The zero-order valence-electron chi connectivity index (χ0n) is 11.9. The van der Waals surface area contributed by atoms with E-state index < -0.39 is 9.84 Å². The summed E-state index contributed by atoms with van der Waals surface area (Å²) in [4.78, 5) is 28.5. The maximum atomic E-state index is 12.4. The van der Waals surface area contributed by atoms with Crippen LogP contribution in [0, 0.1) is 0 Å². The summed E-state index contributed by atoms with van der Waals surface area (Å²) in [6.45, 7) is 0.385. The Bertz CT molecular complexity index is 703. The molecule has 3 rings (SSSR count). The molecule has 0 aromatic heterocycles. The molecule has 2 aliphatic heterocycles. The lowest BCUT2D eigenvalue weighted by Crippen LogP contribution is -2.49. The van der Waals surface area contributed by atoms with E-state index in [2.05, 4.69) is 0 Å². The van der Waals surface area contributed by atoms with E-state index in [0.717, 1.165) is 10.6 Å². The molecule has 118 valence electrons. The standard InChI is InChI=1S/C14H16N2O4S2/c17-13(15-5-7-22(19,20)8-6-15)9-16-11-3-1-2-4-12(11)21-10-14(16)18/h1-4H,5-10H2. The van der Waals surface area contributed by atoms with Crippen molar-refractivity contribution >= 4 is 39.1 Å². The second-order valence-electron chi connectivity index (χ2n) is 5.27. The van der Waals surface area contributed by atoms with E-state index in [9.17, 15) is 18.0 Å². The first-order chi connectivity index (χ1) is 10.5. The molecule has 0 N–H and O–H groups in total. The molecule has 1 aromatic rings. The summed E-state index contributed by atoms with van der Waals surface area (Å²) in [6, 6.07) is 7.49. The number of rotatable bonds is 2. The van der Waals surface area contributed by atoms with Crippen molar-refractivity contribution < 1.29 is 18.0 Å². The fraction of sp³-hybridized carbons (Fsp3) is 0.429. The first kappa shape index (κ1) is 15.4. The third-order valence-corrected chi connectivity index (χ3v) is 6.46. The van der Waals surface area contributed by atoms with Crippen molar-refractivity contribution in [1.29, 1.82) is 0 Å². The Morgan fingerprint density at radius 2 is 1.86 bits per heavy atom. The molecule has 0 atom stereocenters. The number of anilines is 1. The number of fused-ring (bicyclic) bond motifs is 1. The highest BCUT2D eigenvalue weighted by Crippen LogP contribution is 2.34. The lowest BCUT2D eigenvalue weighted by atomic mass is 10.2. The number of carbonyl (C=O) groups excluding carboxylic acids is 2. The van der Waals surface area contributed by atoms with Gasteiger partial charge in [0.25, 0.3) is 0 Å². The van der Waals surface area contributed by atoms with Crippen molar-refractivity contribution in [2.24, 2.45) is 0 Å². The Kier molecular flexibility index (Phi) is 4.14. The fourth-order valence-electron chi connectivity index (χ4n) is 2.52. The summed E-state index contributed by atoms with van der Waals surface area (Å²) in [6.07, 6.45) is 0. The number of amides is 2. The molecule has 1 fully saturated rings. The highest BCUT2D eigenvalue weighted by Gasteiger charge is 2.30. The van der Waals surface area contributed by atoms with E-state index in [1.807, 2.05) is 24.3 Å². The topological polar surface area (TPSA) is 74.8 Å². The second kappa shape index (κ2) is 5.92. The van der Waals surface area contributed by atoms with Gasteiger partial charge in [0, 0.05) is 18.0 Å². The molecule has 0 aliphatic carbocycles. The van der Waals surface area contributed by atoms with Gasteiger partial charge in [-0.1, -0.05) is 12.1 Å². The second-order valence-corrected chi connectivity index (χ2v) is 8.59. The van der Waals surface area contributed by atoms with Gasteiger partial charge in [0.05, 0.1) is 22.9 Å². The quantitative estimate of drug-likeness (QED) is 0.778. The number of benzene rings is 1. The Hall–Kier alpha value is -1.54. The molecule has 2 amide bonds. The van der Waals surface area contributed by atoms with E-state index in [-0.39, 0.29) is 43.0 Å². The molecule has 1 aromatic carbocycles. The van der Waals surface area contributed by atoms with Gasteiger partial charge in [0.15, 0.2) is 9.84 Å². The van der Waals surface area contributed by atoms with Crippen LogP contribution in [0.5, 0.6) is 0 Å². The van der Waals surface area contributed by atoms with Gasteiger partial charge in [-0.3, -0.25) is 9.59 Å². The summed E-state index contributed by atoms with van der Waals surface area (Å²) in [5.74, 6) is 0.0170. The Morgan fingerprint density at radius 1 is 1.18 bits per heavy atom. The van der Waals surface area contributed by atoms with Gasteiger partial charge >= 0.3 is 0 Å². The number of sulfone groups is 1. The highest BCUT2D eigenvalue weighted by molar-refractivity contribution is 8.00. The van der Waals surface area contributed by atoms with Crippen LogP contribution in [-0.4, -0.2) is 62.0 Å². The maximum Gasteiger partial charge on any atom is 0.242 e. The summed E-state index contributed by atoms with van der Waals surface area (Å²) in [7, 11) is -3.02. The number of hydrogen-bond donors (Lipinski definition) is 0. The molecule has 0 unspecified atom stereocenters. The summed E-state index contributed by atoms with van der Waals surface area (Å²) in [5.41, 5.74) is 0.752. The summed E-state index contributed by atoms with van der Waals surface area (Å²) >= 11 is 1.47. The molecular weight excluding hydrogens is 324 g/mol. The van der Waals surface area contributed by atoms with Crippen LogP contribution in [0.25, 0.3) is 0 Å². The third kappa shape index (κ3) is 3.12. The van der Waals surface area contributed by atoms with Gasteiger partial charge in [-0.05, 0) is 12.1 Å². The van der Waals surface area contributed by atoms with Crippen LogP contribution in [0.3, 0.4) is 0 Å². The third-order valence-electron chi connectivity index (χ3n) is 3.80. The number of thioether (sulfide) groups is 1. The van der Waals surface area contributed by atoms with Crippen LogP contribution < -0.4 is 4.90 Å². The fourth-order valence-corrected chi connectivity index (χ4v) is 4.66. The molecule has 6 nitrogen and oxygen atoms in total. The number of carbonyl (C=O) groups is 2. The molecule has 0 spiro atoms. The van der Waals surface area contributed by atoms with Crippen molar-refractivity contribution in [2.75, 3.05) is 41.8 Å². The number of nitrogens with zero attached hydrogens (tertiary/aromatic N) is 2. The van der Waals surface area contributed by atoms with Crippen LogP contribution in [-0.2, 0) is 19.4 Å². The molecule has 2 heterocycles. The van der Waals surface area contributed by atoms with Crippen molar-refractivity contribution in [1.82, 2.24) is 4.90 Å². The molecule has 8 heteroatoms. The minimum atomic E-state index is -3.02. The Labute approximate surface area is 133 Å². The number of hydrogen-bond acceptors (Lipinski definition) is 5. The van der Waals surface area contributed by atoms with Crippen LogP contribution in [0.15, 0.2) is 29.2 Å². The van der Waals surface area contributed by atoms with Crippen molar-refractivity contribution in [2.45, 2.75) is 4.90 Å². The van der Waals surface area contributed by atoms with E-state index in [4.69, 9.17) is 0 Å². The molecule has 0 bridgehead atoms. The SMILES string of the molecule is O=C(CN1C(=O)CSc2ccccc21)N1CCS(=O)(=O)CC1. The van der Waals surface area contributed by atoms with Crippen LogP contribution in [0.1, 0.15) is 0 Å². The average molecular weight is 340 g/mol. The first-order valence-electron chi connectivity index (χ1n) is 6.97. The normalized spacial score (nSPS) is 20.6. The molecule has 22 heavy (non-hydrogen) atoms. The van der Waals surface area contributed by atoms with E-state index in [1.165, 1.54) is 21.6 Å². The Balaban J connectivity index is 1.73. The predicted octanol–water partition coefficient (Wildman–Crippen LogP) is 0.382. The summed E-state index contributed by atoms with van der Waals surface area (Å²) in [5, 5.41) is 0. The molecule has 2 aliphatic rings. The molecule has 1 saturated heterocycles. The predicted molar refractivity (Wildman–Crippen MR) is 84.8 cm³/mol. The van der Waals surface area contributed by atoms with E-state index >= 15 is 0 Å². The van der Waals surface area contributed by atoms with Crippen LogP contribution >= 0.6 is 11.8 Å². The van der Waals surface area contributed by atoms with Crippen molar-refractivity contribution in [3.63, 3.8) is 0 Å². The van der Waals surface area contributed by atoms with Crippen molar-refractivity contribution in [3.05, 3.63) is 24.3 Å². The van der Waals surface area contributed by atoms with Crippen molar-refractivity contribution in [3.8, 4) is 0 Å². The maximum absolute atomic E-state index is 12.4. The molecular formula is C14H16N2O4S2. The zero-order chi connectivity index (χ0) is 15.7. The van der Waals surface area contributed by atoms with Crippen LogP contribution in [0.4, 0.5) is 5.69 Å². The highest BCUT2D eigenvalue weighted by atomic mass is 32.2. The largest absolute Gasteiger partial charge is 0.339 e. The van der Waals surface area contributed by atoms with Gasteiger partial charge in [-0.2, -0.15) is 0 Å².